The van der Waals surface area contributed by atoms with Gasteiger partial charge in [-0.05, 0) is 49.1 Å². The maximum Gasteiger partial charge on any atom is 0.227 e. The Morgan fingerprint density at radius 2 is 1.31 bits per heavy atom. The van der Waals surface area contributed by atoms with Crippen molar-refractivity contribution in [3.05, 3.63) is 54.1 Å². The van der Waals surface area contributed by atoms with Gasteiger partial charge in [-0.25, -0.2) is 4.68 Å². The van der Waals surface area contributed by atoms with Crippen LogP contribution in [-0.4, -0.2) is 20.9 Å². The largest absolute Gasteiger partial charge is 0.307 e. The van der Waals surface area contributed by atoms with Crippen LogP contribution in [-0.2, 0) is 17.9 Å². The van der Waals surface area contributed by atoms with E-state index in [1.807, 2.05) is 4.90 Å². The number of aromatic nitrogens is 3. The Bertz CT molecular complexity index is 1250. The van der Waals surface area contributed by atoms with Gasteiger partial charge in [0.05, 0.1) is 17.9 Å². The lowest BCUT2D eigenvalue weighted by Gasteiger charge is -2.30. The fourth-order valence-corrected chi connectivity index (χ4v) is 7.24. The fourth-order valence-electron chi connectivity index (χ4n) is 7.24. The van der Waals surface area contributed by atoms with Crippen molar-refractivity contribution >= 4 is 11.6 Å². The molecule has 3 aromatic rings. The third-order valence-electron chi connectivity index (χ3n) is 9.43. The van der Waals surface area contributed by atoms with Crippen LogP contribution < -0.4 is 4.90 Å². The molecule has 206 valence electrons. The first kappa shape index (κ1) is 26.3. The molecule has 0 N–H and O–H groups in total. The van der Waals surface area contributed by atoms with Gasteiger partial charge in [-0.2, -0.15) is 0 Å². The molecule has 0 atom stereocenters. The quantitative estimate of drug-likeness (QED) is 0.321. The number of nitrogens with zero attached hydrogens (tertiary/aromatic N) is 4. The Morgan fingerprint density at radius 3 is 2.03 bits per heavy atom. The molecule has 2 saturated carbocycles. The van der Waals surface area contributed by atoms with Crippen molar-refractivity contribution in [2.24, 2.45) is 11.8 Å². The van der Waals surface area contributed by atoms with E-state index >= 15 is 0 Å². The smallest absolute Gasteiger partial charge is 0.227 e. The lowest BCUT2D eigenvalue weighted by molar-refractivity contribution is -0.119. The van der Waals surface area contributed by atoms with E-state index in [2.05, 4.69) is 53.2 Å². The van der Waals surface area contributed by atoms with E-state index in [1.54, 1.807) is 0 Å². The SMILES string of the molecule is O=C(CC1CCCCCC1)N1Cc2ccccc2-c2c(nnn2CC2CCCCCCCC2)-c2ccccc21. The van der Waals surface area contributed by atoms with E-state index < -0.39 is 0 Å². The lowest BCUT2D eigenvalue weighted by atomic mass is 9.92. The van der Waals surface area contributed by atoms with Gasteiger partial charge in [-0.15, -0.1) is 5.10 Å². The zero-order valence-electron chi connectivity index (χ0n) is 23.5. The van der Waals surface area contributed by atoms with Gasteiger partial charge in [0.1, 0.15) is 5.69 Å². The molecule has 6 rings (SSSR count). The molecule has 3 aliphatic rings. The third kappa shape index (κ3) is 5.97. The molecule has 0 saturated heterocycles. The molecule has 0 bridgehead atoms. The van der Waals surface area contributed by atoms with E-state index in [4.69, 9.17) is 10.3 Å². The van der Waals surface area contributed by atoms with Crippen LogP contribution in [0, 0.1) is 11.8 Å². The minimum atomic E-state index is 0.241. The molecule has 2 heterocycles. The number of carbonyl (C=O) groups excluding carboxylic acids is 1. The number of fused-ring (bicyclic) bond motifs is 5. The number of rotatable bonds is 4. The highest BCUT2D eigenvalue weighted by Crippen LogP contribution is 2.42. The van der Waals surface area contributed by atoms with Gasteiger partial charge in [0.2, 0.25) is 5.91 Å². The average molecular weight is 525 g/mol. The first-order valence-corrected chi connectivity index (χ1v) is 15.7. The summed E-state index contributed by atoms with van der Waals surface area (Å²) in [6, 6.07) is 17.0. The summed E-state index contributed by atoms with van der Waals surface area (Å²) in [4.78, 5) is 16.0. The van der Waals surface area contributed by atoms with Crippen molar-refractivity contribution in [3.8, 4) is 22.5 Å². The topological polar surface area (TPSA) is 51.0 Å². The summed E-state index contributed by atoms with van der Waals surface area (Å²) in [7, 11) is 0. The van der Waals surface area contributed by atoms with Crippen molar-refractivity contribution in [1.29, 1.82) is 0 Å². The van der Waals surface area contributed by atoms with E-state index in [-0.39, 0.29) is 5.91 Å². The van der Waals surface area contributed by atoms with Crippen LogP contribution in [0.25, 0.3) is 22.5 Å². The van der Waals surface area contributed by atoms with E-state index in [0.29, 0.717) is 24.8 Å². The maximum absolute atomic E-state index is 14.0. The van der Waals surface area contributed by atoms with E-state index in [1.165, 1.54) is 101 Å². The molecule has 1 aliphatic heterocycles. The molecule has 1 amide bonds. The molecule has 39 heavy (non-hydrogen) atoms. The van der Waals surface area contributed by atoms with Crippen LogP contribution in [0.5, 0.6) is 0 Å². The van der Waals surface area contributed by atoms with Gasteiger partial charge < -0.3 is 4.90 Å². The van der Waals surface area contributed by atoms with Crippen molar-refractivity contribution in [3.63, 3.8) is 0 Å². The average Bonchev–Trinajstić information content (AvgIpc) is 3.25. The van der Waals surface area contributed by atoms with Crippen molar-refractivity contribution in [1.82, 2.24) is 15.0 Å². The standard InChI is InChI=1S/C34H44N4O/c39-32(23-26-15-7-5-6-8-16-26)37-25-28-19-11-12-20-29(28)34-33(30-21-13-14-22-31(30)37)35-36-38(34)24-27-17-9-3-1-2-4-10-18-27/h11-14,19-22,26-27H,1-10,15-18,23-25H2. The molecular weight excluding hydrogens is 480 g/mol. The van der Waals surface area contributed by atoms with Gasteiger partial charge >= 0.3 is 0 Å². The molecule has 2 aliphatic carbocycles. The van der Waals surface area contributed by atoms with Crippen LogP contribution in [0.15, 0.2) is 48.5 Å². The fraction of sp³-hybridized carbons (Fsp3) is 0.559. The summed E-state index contributed by atoms with van der Waals surface area (Å²) in [5.41, 5.74) is 6.38. The predicted molar refractivity (Wildman–Crippen MR) is 158 cm³/mol. The van der Waals surface area contributed by atoms with E-state index in [9.17, 15) is 4.79 Å². The zero-order chi connectivity index (χ0) is 26.4. The van der Waals surface area contributed by atoms with Crippen molar-refractivity contribution in [2.45, 2.75) is 109 Å². The van der Waals surface area contributed by atoms with Crippen molar-refractivity contribution < 1.29 is 4.79 Å². The first-order valence-electron chi connectivity index (χ1n) is 15.7. The minimum absolute atomic E-state index is 0.241. The van der Waals surface area contributed by atoms with Gasteiger partial charge in [0, 0.05) is 24.1 Å². The third-order valence-corrected chi connectivity index (χ3v) is 9.43. The van der Waals surface area contributed by atoms with Gasteiger partial charge in [-0.1, -0.05) is 112 Å². The molecule has 5 heteroatoms. The second-order valence-corrected chi connectivity index (χ2v) is 12.2. The van der Waals surface area contributed by atoms with Crippen LogP contribution in [0.3, 0.4) is 0 Å². The summed E-state index contributed by atoms with van der Waals surface area (Å²) in [5.74, 6) is 1.38. The predicted octanol–water partition coefficient (Wildman–Crippen LogP) is 8.57. The number of hydrogen-bond acceptors (Lipinski definition) is 3. The van der Waals surface area contributed by atoms with Gasteiger partial charge in [0.25, 0.3) is 0 Å². The molecule has 5 nitrogen and oxygen atoms in total. The number of amides is 1. The number of anilines is 1. The molecule has 1 aromatic heterocycles. The lowest BCUT2D eigenvalue weighted by Crippen LogP contribution is -2.33. The minimum Gasteiger partial charge on any atom is -0.307 e. The maximum atomic E-state index is 14.0. The highest BCUT2D eigenvalue weighted by Gasteiger charge is 2.30. The Hall–Kier alpha value is -2.95. The Kier molecular flexibility index (Phi) is 8.41. The highest BCUT2D eigenvalue weighted by atomic mass is 16.2. The van der Waals surface area contributed by atoms with E-state index in [0.717, 1.165) is 29.2 Å². The Balaban J connectivity index is 1.37. The van der Waals surface area contributed by atoms with Crippen LogP contribution in [0.2, 0.25) is 0 Å². The zero-order valence-corrected chi connectivity index (χ0v) is 23.5. The first-order chi connectivity index (χ1) is 19.3. The monoisotopic (exact) mass is 524 g/mol. The van der Waals surface area contributed by atoms with Crippen LogP contribution >= 0.6 is 0 Å². The highest BCUT2D eigenvalue weighted by molar-refractivity contribution is 6.00. The Morgan fingerprint density at radius 1 is 0.718 bits per heavy atom. The molecule has 0 unspecified atom stereocenters. The summed E-state index contributed by atoms with van der Waals surface area (Å²) >= 11 is 0. The normalized spacial score (nSPS) is 19.3. The number of hydrogen-bond donors (Lipinski definition) is 0. The number of para-hydroxylation sites is 1. The van der Waals surface area contributed by atoms with Gasteiger partial charge in [0.15, 0.2) is 0 Å². The summed E-state index contributed by atoms with van der Waals surface area (Å²) in [6.45, 7) is 1.51. The molecule has 2 aromatic carbocycles. The Labute approximate surface area is 234 Å². The molecule has 0 spiro atoms. The molecular formula is C34H44N4O. The molecule has 0 radical (unpaired) electrons. The summed E-state index contributed by atoms with van der Waals surface area (Å²) in [6.07, 6.45) is 18.8. The van der Waals surface area contributed by atoms with Crippen LogP contribution in [0.4, 0.5) is 5.69 Å². The number of carbonyl (C=O) groups is 1. The van der Waals surface area contributed by atoms with Crippen LogP contribution in [0.1, 0.15) is 102 Å². The second-order valence-electron chi connectivity index (χ2n) is 12.2. The summed E-state index contributed by atoms with van der Waals surface area (Å²) in [5, 5.41) is 9.61. The second kappa shape index (κ2) is 12.5. The van der Waals surface area contributed by atoms with Gasteiger partial charge in [-0.3, -0.25) is 4.79 Å². The molecule has 2 fully saturated rings. The van der Waals surface area contributed by atoms with Crippen molar-refractivity contribution in [2.75, 3.05) is 4.90 Å². The number of benzene rings is 2. The summed E-state index contributed by atoms with van der Waals surface area (Å²) < 4.78 is 2.19.